The Morgan fingerprint density at radius 3 is 1.21 bits per heavy atom. The predicted molar refractivity (Wildman–Crippen MR) is 396 cm³/mol. The molecule has 2 saturated heterocycles. The minimum atomic E-state index is -4.33. The third kappa shape index (κ3) is 20.7. The molecule has 42 heteroatoms. The van der Waals surface area contributed by atoms with Crippen LogP contribution in [-0.2, 0) is 84.1 Å². The Balaban J connectivity index is 1.02. The zero-order valence-corrected chi connectivity index (χ0v) is 64.5. The highest BCUT2D eigenvalue weighted by Crippen LogP contribution is 2.33. The van der Waals surface area contributed by atoms with Gasteiger partial charge in [-0.25, -0.2) is 35.6 Å². The number of amides is 6. The summed E-state index contributed by atoms with van der Waals surface area (Å²) in [5, 5.41) is 99.3. The number of aryl methyl sites for hydroxylation is 2. The Labute approximate surface area is 643 Å². The van der Waals surface area contributed by atoms with E-state index in [2.05, 4.69) is 72.0 Å². The molecular weight excluding hydrogens is 1510 g/mol. The molecule has 0 aliphatic carbocycles. The maximum absolute atomic E-state index is 14.8. The van der Waals surface area contributed by atoms with E-state index in [9.17, 15) is 76.2 Å². The van der Waals surface area contributed by atoms with Gasteiger partial charge in [0.15, 0.2) is 24.0 Å². The van der Waals surface area contributed by atoms with Gasteiger partial charge in [0.05, 0.1) is 49.5 Å². The number of phenols is 2. The maximum Gasteiger partial charge on any atom is 0.274 e. The van der Waals surface area contributed by atoms with E-state index in [-0.39, 0.29) is 72.9 Å². The molecule has 112 heavy (non-hydrogen) atoms. The van der Waals surface area contributed by atoms with Gasteiger partial charge in [0.1, 0.15) is 95.9 Å². The zero-order chi connectivity index (χ0) is 81.8. The summed E-state index contributed by atoms with van der Waals surface area (Å²) in [6.07, 6.45) is -12.8. The number of rotatable bonds is 20. The number of hydrogen-bond acceptors (Lipinski definition) is 28. The molecular formula is C70H94N18O22S2. The average Bonchev–Trinajstić information content (AvgIpc) is 0.929. The summed E-state index contributed by atoms with van der Waals surface area (Å²) < 4.78 is 95.9. The summed E-state index contributed by atoms with van der Waals surface area (Å²) in [5.74, 6) is -6.46. The Morgan fingerprint density at radius 1 is 0.518 bits per heavy atom. The molecule has 18 N–H and O–H groups in total. The van der Waals surface area contributed by atoms with Gasteiger partial charge in [-0.05, 0) is 148 Å². The molecule has 6 aliphatic rings. The minimum Gasteiger partial charge on any atom is -0.508 e. The van der Waals surface area contributed by atoms with Crippen molar-refractivity contribution in [1.82, 2.24) is 71.3 Å². The van der Waals surface area contributed by atoms with Gasteiger partial charge in [-0.3, -0.25) is 38.8 Å². The number of guanidine groups is 2. The maximum atomic E-state index is 14.8. The number of phenolic OH excluding ortho intramolecular Hbond substituents is 2. The van der Waals surface area contributed by atoms with Crippen molar-refractivity contribution in [2.75, 3.05) is 41.5 Å². The van der Waals surface area contributed by atoms with Crippen molar-refractivity contribution < 1.29 is 105 Å². The van der Waals surface area contributed by atoms with Crippen molar-refractivity contribution >= 4 is 67.4 Å². The van der Waals surface area contributed by atoms with Crippen molar-refractivity contribution in [3.05, 3.63) is 129 Å². The molecule has 6 aromatic rings. The molecule has 6 aliphatic heterocycles. The first-order valence-corrected chi connectivity index (χ1v) is 38.2. The lowest BCUT2D eigenvalue weighted by Gasteiger charge is -2.42. The number of ether oxygens (including phenoxy) is 6. The highest BCUT2D eigenvalue weighted by Gasteiger charge is 2.49. The number of nitrogens with zero attached hydrogens (tertiary/aromatic N) is 8. The highest BCUT2D eigenvalue weighted by atomic mass is 32.2. The van der Waals surface area contributed by atoms with Crippen LogP contribution >= 0.6 is 0 Å². The lowest BCUT2D eigenvalue weighted by molar-refractivity contribution is -0.259. The largest absolute Gasteiger partial charge is 0.508 e. The van der Waals surface area contributed by atoms with Crippen LogP contribution in [0.1, 0.15) is 91.2 Å². The van der Waals surface area contributed by atoms with Gasteiger partial charge in [-0.1, -0.05) is 34.7 Å². The first-order chi connectivity index (χ1) is 53.0. The number of aromatic nitrogens is 6. The summed E-state index contributed by atoms with van der Waals surface area (Å²) in [6, 6.07) is 4.63. The van der Waals surface area contributed by atoms with E-state index in [1.54, 1.807) is 53.7 Å². The second-order valence-corrected chi connectivity index (χ2v) is 30.4. The molecule has 2 fully saturated rings. The van der Waals surface area contributed by atoms with E-state index in [0.717, 1.165) is 21.8 Å². The summed E-state index contributed by atoms with van der Waals surface area (Å²) >= 11 is 0. The van der Waals surface area contributed by atoms with Crippen LogP contribution in [0.2, 0.25) is 0 Å². The molecule has 12 rings (SSSR count). The Kier molecular flexibility index (Phi) is 28.2. The van der Waals surface area contributed by atoms with E-state index < -0.39 is 177 Å². The Hall–Kier alpha value is -10.7. The fraction of sp³-hybridized carbons (Fsp3) is 0.486. The molecule has 2 aromatic heterocycles. The van der Waals surface area contributed by atoms with Gasteiger partial charge in [-0.15, -0.1) is 10.2 Å². The van der Waals surface area contributed by atoms with Gasteiger partial charge < -0.3 is 102 Å². The predicted octanol–water partition coefficient (Wildman–Crippen LogP) is -3.18. The molecule has 0 unspecified atom stereocenters. The van der Waals surface area contributed by atoms with E-state index in [0.29, 0.717) is 56.0 Å². The number of nitrogens with two attached hydrogens (primary N) is 2. The number of aliphatic hydroxyl groups excluding tert-OH is 4. The smallest absolute Gasteiger partial charge is 0.274 e. The van der Waals surface area contributed by atoms with Crippen LogP contribution in [0.4, 0.5) is 0 Å². The number of benzene rings is 4. The van der Waals surface area contributed by atoms with Crippen molar-refractivity contribution in [2.45, 2.75) is 188 Å². The molecule has 4 aromatic carbocycles. The quantitative estimate of drug-likeness (QED) is 0.0203. The number of nitrogens with one attached hydrogen (secondary N) is 8. The third-order valence-corrected chi connectivity index (χ3v) is 22.6. The Bertz CT molecular complexity index is 4410. The third-order valence-electron chi connectivity index (χ3n) is 19.3. The number of carbonyl (C=O) groups is 6. The lowest BCUT2D eigenvalue weighted by atomic mass is 9.95. The number of aliphatic imine (C=N–C) groups is 2. The Morgan fingerprint density at radius 2 is 0.866 bits per heavy atom. The lowest BCUT2D eigenvalue weighted by Crippen LogP contribution is -2.66. The fourth-order valence-electron chi connectivity index (χ4n) is 13.2. The standard InChI is InChI=1S/C70H94N18O22S2/c1-33-25-49(105-7)35(3)37(5)59(33)111(101,102)83-69(71)73-23-11-13-43-61(95)77-45(27-39-15-19-41(89)20-16-39)63(97)79-53-57(93)56(92)52(110-67(53)107-9)32-88-30-48(82-86-88)66(100)76-44(14-12-24-74-70(72)84-112(103,104)60-34(2)26-50(106-8)36(4)38(60)6)62(96)78-46(28-40-17-21-42(90)22-18-40)64(98)80-54-58(94)55(91)51(109-68(54)108-10)31-87-29-47(81-85-87)65(99)75-43/h15-22,25-26,29-30,43-46,51-58,67-68,89-94H,11-14,23-24,27-28,31-32H2,1-10H3,(H,75,99)(H,76,100)(H,77,95)(H,78,96)(H,79,97)(H,80,98)(H3,71,73,83)(H3,72,74,84)/t43-,44-,45-,46-,51+,52+,53+,54+,55+,56+,57+,58+,67+,68+/m0/s1. The highest BCUT2D eigenvalue weighted by molar-refractivity contribution is 7.90. The van der Waals surface area contributed by atoms with Crippen LogP contribution in [0, 0.1) is 41.5 Å². The number of aliphatic hydroxyl groups is 4. The summed E-state index contributed by atoms with van der Waals surface area (Å²) in [6.45, 7) is 8.32. The van der Waals surface area contributed by atoms with Gasteiger partial charge in [-0.2, -0.15) is 0 Å². The normalized spacial score (nSPS) is 24.9. The van der Waals surface area contributed by atoms with Crippen molar-refractivity contribution in [2.24, 2.45) is 21.5 Å². The monoisotopic (exact) mass is 1600 g/mol. The van der Waals surface area contributed by atoms with Gasteiger partial charge >= 0.3 is 0 Å². The molecule has 14 atom stereocenters. The molecule has 8 heterocycles. The number of methoxy groups -OCH3 is 4. The second kappa shape index (κ2) is 37.1. The number of aromatic hydroxyl groups is 2. The van der Waals surface area contributed by atoms with Crippen LogP contribution in [0.25, 0.3) is 0 Å². The van der Waals surface area contributed by atoms with Crippen LogP contribution in [0.5, 0.6) is 23.0 Å². The van der Waals surface area contributed by atoms with Gasteiger partial charge in [0.2, 0.25) is 35.5 Å². The van der Waals surface area contributed by atoms with Crippen LogP contribution in [-0.4, -0.2) is 252 Å². The molecule has 608 valence electrons. The summed E-state index contributed by atoms with van der Waals surface area (Å²) in [7, 11) is -3.42. The van der Waals surface area contributed by atoms with Crippen molar-refractivity contribution in [1.29, 1.82) is 0 Å². The zero-order valence-electron chi connectivity index (χ0n) is 62.8. The van der Waals surface area contributed by atoms with Crippen molar-refractivity contribution in [3.63, 3.8) is 0 Å². The first-order valence-electron chi connectivity index (χ1n) is 35.3. The van der Waals surface area contributed by atoms with E-state index in [1.165, 1.54) is 77.0 Å². The fourth-order valence-corrected chi connectivity index (χ4v) is 16.1. The number of carbonyl (C=O) groups excluding carboxylic acids is 6. The summed E-state index contributed by atoms with van der Waals surface area (Å²) in [4.78, 5) is 96.2. The van der Waals surface area contributed by atoms with E-state index in [4.69, 9.17) is 39.9 Å². The number of hydrogen-bond donors (Lipinski definition) is 16. The molecule has 0 radical (unpaired) electrons. The molecule has 0 spiro atoms. The SMILES string of the molecule is COc1cc(C)c(S(=O)(=O)NC(N)=NCCC[C@@H]2NC(=O)c3cn(nn3)C[C@H]3O[C@@H](OC)[C@H](NC(=O)[C@H](Cc4ccc(O)cc4)NC(=O)[C@H](CCCN=C(N)NS(=O)(=O)c4c(C)cc(OC)c(C)c4C)NC(=O)c4cn(nn4)C[C@H]4O[C@@H](OC)[C@H](NC(=O)[C@H](Cc5ccc(O)cc5)NC2=O)[C@@H](O)[C@@H]4O)[C@@H](O)[C@@H]3O)c(C)c1C. The number of sulfonamides is 2. The summed E-state index contributed by atoms with van der Waals surface area (Å²) in [5.41, 5.74) is 14.8. The van der Waals surface area contributed by atoms with Gasteiger partial charge in [0.25, 0.3) is 31.9 Å². The topological polar surface area (TPSA) is 582 Å². The van der Waals surface area contributed by atoms with E-state index >= 15 is 0 Å². The first kappa shape index (κ1) is 85.3. The molecule has 6 amide bonds. The van der Waals surface area contributed by atoms with E-state index in [1.807, 2.05) is 0 Å². The van der Waals surface area contributed by atoms with Crippen LogP contribution < -0.4 is 62.3 Å². The molecule has 40 nitrogen and oxygen atoms in total. The minimum absolute atomic E-state index is 0.0619. The second-order valence-electron chi connectivity index (χ2n) is 27.1. The molecule has 8 bridgehead atoms. The van der Waals surface area contributed by atoms with Gasteiger partial charge in [0, 0.05) is 40.2 Å². The van der Waals surface area contributed by atoms with Crippen molar-refractivity contribution in [3.8, 4) is 23.0 Å². The molecule has 0 saturated carbocycles. The van der Waals surface area contributed by atoms with Crippen LogP contribution in [0.3, 0.4) is 0 Å². The van der Waals surface area contributed by atoms with Crippen LogP contribution in [0.15, 0.2) is 92.8 Å². The average molecular weight is 1600 g/mol.